The third-order valence-electron chi connectivity index (χ3n) is 3.83. The van der Waals surface area contributed by atoms with Crippen molar-refractivity contribution in [2.75, 3.05) is 19.7 Å². The van der Waals surface area contributed by atoms with Crippen molar-refractivity contribution in [2.24, 2.45) is 5.73 Å². The van der Waals surface area contributed by atoms with Gasteiger partial charge in [-0.15, -0.1) is 0 Å². The second-order valence-corrected chi connectivity index (χ2v) is 5.25. The highest BCUT2D eigenvalue weighted by Crippen LogP contribution is 2.32. The lowest BCUT2D eigenvalue weighted by Crippen LogP contribution is -2.50. The maximum Gasteiger partial charge on any atom is 0.120 e. The molecule has 1 aromatic carbocycles. The number of hydrogen-bond donors (Lipinski definition) is 2. The zero-order valence-electron chi connectivity index (χ0n) is 11.7. The van der Waals surface area contributed by atoms with Crippen LogP contribution in [0, 0.1) is 0 Å². The maximum absolute atomic E-state index is 10.0. The Bertz CT molecular complexity index is 409. The molecule has 0 saturated carbocycles. The Morgan fingerprint density at radius 1 is 1.47 bits per heavy atom. The van der Waals surface area contributed by atoms with Gasteiger partial charge in [0.25, 0.3) is 0 Å². The number of nitrogens with two attached hydrogens (primary N) is 1. The number of aromatic hydroxyl groups is 1. The van der Waals surface area contributed by atoms with Crippen molar-refractivity contribution in [3.05, 3.63) is 29.8 Å². The third kappa shape index (κ3) is 3.26. The van der Waals surface area contributed by atoms with Crippen LogP contribution in [0.2, 0.25) is 0 Å². The van der Waals surface area contributed by atoms with Crippen LogP contribution in [0.15, 0.2) is 24.3 Å². The summed E-state index contributed by atoms with van der Waals surface area (Å²) in [4.78, 5) is 2.37. The van der Waals surface area contributed by atoms with Crippen molar-refractivity contribution in [3.63, 3.8) is 0 Å². The maximum atomic E-state index is 10.0. The molecule has 1 aromatic rings. The molecule has 0 spiro atoms. The SMILES string of the molecule is CCC(c1ccccc1O)N1CCOC(C(C)N)C1. The molecule has 1 saturated heterocycles. The fraction of sp³-hybridized carbons (Fsp3) is 0.600. The number of rotatable bonds is 4. The lowest BCUT2D eigenvalue weighted by atomic mass is 10.00. The van der Waals surface area contributed by atoms with Crippen LogP contribution in [-0.4, -0.2) is 41.8 Å². The Kier molecular flexibility index (Phi) is 4.80. The van der Waals surface area contributed by atoms with Gasteiger partial charge in [-0.2, -0.15) is 0 Å². The Morgan fingerprint density at radius 3 is 2.84 bits per heavy atom. The molecular weight excluding hydrogens is 240 g/mol. The molecule has 3 atom stereocenters. The number of ether oxygens (including phenoxy) is 1. The van der Waals surface area contributed by atoms with E-state index in [1.165, 1.54) is 0 Å². The normalized spacial score (nSPS) is 24.1. The molecule has 2 rings (SSSR count). The highest BCUT2D eigenvalue weighted by Gasteiger charge is 2.29. The molecule has 4 heteroatoms. The van der Waals surface area contributed by atoms with E-state index >= 15 is 0 Å². The van der Waals surface area contributed by atoms with Crippen LogP contribution in [0.3, 0.4) is 0 Å². The highest BCUT2D eigenvalue weighted by atomic mass is 16.5. The van der Waals surface area contributed by atoms with E-state index in [1.54, 1.807) is 6.07 Å². The predicted octanol–water partition coefficient (Wildman–Crippen LogP) is 1.89. The van der Waals surface area contributed by atoms with Crippen molar-refractivity contribution < 1.29 is 9.84 Å². The van der Waals surface area contributed by atoms with Gasteiger partial charge in [-0.1, -0.05) is 25.1 Å². The van der Waals surface area contributed by atoms with Crippen molar-refractivity contribution in [1.29, 1.82) is 0 Å². The van der Waals surface area contributed by atoms with E-state index < -0.39 is 0 Å². The average Bonchev–Trinajstić information content (AvgIpc) is 2.42. The van der Waals surface area contributed by atoms with Gasteiger partial charge in [0.2, 0.25) is 0 Å². The first-order chi connectivity index (χ1) is 9.13. The lowest BCUT2D eigenvalue weighted by Gasteiger charge is -2.39. The Balaban J connectivity index is 2.16. The molecule has 1 fully saturated rings. The molecule has 106 valence electrons. The molecule has 0 aromatic heterocycles. The van der Waals surface area contributed by atoms with Crippen molar-refractivity contribution in [2.45, 2.75) is 38.5 Å². The van der Waals surface area contributed by atoms with Gasteiger partial charge >= 0.3 is 0 Å². The minimum Gasteiger partial charge on any atom is -0.508 e. The number of benzene rings is 1. The minimum absolute atomic E-state index is 0.0321. The van der Waals surface area contributed by atoms with E-state index in [9.17, 15) is 5.11 Å². The Hall–Kier alpha value is -1.10. The molecule has 0 aliphatic carbocycles. The Labute approximate surface area is 115 Å². The van der Waals surface area contributed by atoms with E-state index in [1.807, 2.05) is 25.1 Å². The summed E-state index contributed by atoms with van der Waals surface area (Å²) in [6.45, 7) is 6.54. The predicted molar refractivity (Wildman–Crippen MR) is 76.1 cm³/mol. The fourth-order valence-corrected chi connectivity index (χ4v) is 2.74. The summed E-state index contributed by atoms with van der Waals surface area (Å²) in [5.74, 6) is 0.373. The first-order valence-electron chi connectivity index (χ1n) is 7.02. The number of phenolic OH excluding ortho intramolecular Hbond substituents is 1. The molecule has 0 amide bonds. The zero-order chi connectivity index (χ0) is 13.8. The van der Waals surface area contributed by atoms with Crippen LogP contribution >= 0.6 is 0 Å². The van der Waals surface area contributed by atoms with E-state index in [2.05, 4.69) is 11.8 Å². The molecule has 3 unspecified atom stereocenters. The number of para-hydroxylation sites is 1. The smallest absolute Gasteiger partial charge is 0.120 e. The van der Waals surface area contributed by atoms with Gasteiger partial charge in [0.15, 0.2) is 0 Å². The van der Waals surface area contributed by atoms with Crippen molar-refractivity contribution >= 4 is 0 Å². The van der Waals surface area contributed by atoms with Crippen molar-refractivity contribution in [3.8, 4) is 5.75 Å². The van der Waals surface area contributed by atoms with Crippen LogP contribution in [0.5, 0.6) is 5.75 Å². The van der Waals surface area contributed by atoms with Gasteiger partial charge in [-0.3, -0.25) is 4.90 Å². The second kappa shape index (κ2) is 6.37. The van der Waals surface area contributed by atoms with Crippen LogP contribution in [0.1, 0.15) is 31.9 Å². The highest BCUT2D eigenvalue weighted by molar-refractivity contribution is 5.34. The zero-order valence-corrected chi connectivity index (χ0v) is 11.7. The largest absolute Gasteiger partial charge is 0.508 e. The quantitative estimate of drug-likeness (QED) is 0.872. The summed E-state index contributed by atoms with van der Waals surface area (Å²) in [6, 6.07) is 7.84. The number of phenols is 1. The van der Waals surface area contributed by atoms with Gasteiger partial charge in [0.1, 0.15) is 5.75 Å². The van der Waals surface area contributed by atoms with Crippen LogP contribution in [0.4, 0.5) is 0 Å². The minimum atomic E-state index is 0.0321. The molecule has 1 aliphatic heterocycles. The van der Waals surface area contributed by atoms with Gasteiger partial charge in [-0.25, -0.2) is 0 Å². The van der Waals surface area contributed by atoms with Gasteiger partial charge < -0.3 is 15.6 Å². The summed E-state index contributed by atoms with van der Waals surface area (Å²) in [7, 11) is 0. The summed E-state index contributed by atoms with van der Waals surface area (Å²) >= 11 is 0. The molecule has 1 aliphatic rings. The first-order valence-corrected chi connectivity index (χ1v) is 7.02. The van der Waals surface area contributed by atoms with Gasteiger partial charge in [-0.05, 0) is 19.4 Å². The van der Waals surface area contributed by atoms with Crippen molar-refractivity contribution in [1.82, 2.24) is 4.90 Å². The van der Waals surface area contributed by atoms with E-state index in [4.69, 9.17) is 10.5 Å². The summed E-state index contributed by atoms with van der Waals surface area (Å²) in [5.41, 5.74) is 6.93. The van der Waals surface area contributed by atoms with Crippen LogP contribution < -0.4 is 5.73 Å². The number of hydrogen-bond acceptors (Lipinski definition) is 4. The molecule has 1 heterocycles. The Morgan fingerprint density at radius 2 is 2.21 bits per heavy atom. The molecule has 19 heavy (non-hydrogen) atoms. The lowest BCUT2D eigenvalue weighted by molar-refractivity contribution is -0.0529. The van der Waals surface area contributed by atoms with E-state index in [0.29, 0.717) is 12.4 Å². The van der Waals surface area contributed by atoms with E-state index in [-0.39, 0.29) is 18.2 Å². The monoisotopic (exact) mass is 264 g/mol. The first kappa shape index (κ1) is 14.3. The molecule has 0 radical (unpaired) electrons. The second-order valence-electron chi connectivity index (χ2n) is 5.25. The standard InChI is InChI=1S/C15H24N2O2/c1-3-13(12-6-4-5-7-14(12)18)17-8-9-19-15(10-17)11(2)16/h4-7,11,13,15,18H,3,8-10,16H2,1-2H3. The third-order valence-corrected chi connectivity index (χ3v) is 3.83. The summed E-state index contributed by atoms with van der Waals surface area (Å²) in [5, 5.41) is 10.0. The number of nitrogens with zero attached hydrogens (tertiary/aromatic N) is 1. The van der Waals surface area contributed by atoms with Gasteiger partial charge in [0, 0.05) is 30.7 Å². The topological polar surface area (TPSA) is 58.7 Å². The molecule has 3 N–H and O–H groups in total. The van der Waals surface area contributed by atoms with E-state index in [0.717, 1.165) is 25.1 Å². The van der Waals surface area contributed by atoms with Crippen LogP contribution in [-0.2, 0) is 4.74 Å². The molecule has 4 nitrogen and oxygen atoms in total. The average molecular weight is 264 g/mol. The van der Waals surface area contributed by atoms with Crippen LogP contribution in [0.25, 0.3) is 0 Å². The number of morpholine rings is 1. The summed E-state index contributed by atoms with van der Waals surface area (Å²) in [6.07, 6.45) is 1.04. The van der Waals surface area contributed by atoms with Gasteiger partial charge in [0.05, 0.1) is 12.7 Å². The summed E-state index contributed by atoms with van der Waals surface area (Å²) < 4.78 is 5.70. The molecular formula is C15H24N2O2. The molecule has 0 bridgehead atoms. The fourth-order valence-electron chi connectivity index (χ4n) is 2.74.